The fourth-order valence-corrected chi connectivity index (χ4v) is 6.30. The lowest BCUT2D eigenvalue weighted by Crippen LogP contribution is -2.35. The molecule has 0 aromatic heterocycles. The number of nitrogens with zero attached hydrogens (tertiary/aromatic N) is 1. The van der Waals surface area contributed by atoms with Crippen LogP contribution in [-0.4, -0.2) is 37.4 Å². The molecule has 0 spiro atoms. The van der Waals surface area contributed by atoms with E-state index >= 15 is 0 Å². The highest BCUT2D eigenvalue weighted by molar-refractivity contribution is 5.87. The van der Waals surface area contributed by atoms with Gasteiger partial charge in [-0.15, -0.1) is 0 Å². The summed E-state index contributed by atoms with van der Waals surface area (Å²) < 4.78 is 19.2. The number of methoxy groups -OCH3 is 1. The van der Waals surface area contributed by atoms with Gasteiger partial charge in [0, 0.05) is 23.7 Å². The molecule has 1 aromatic rings. The molecule has 1 aromatic carbocycles. The van der Waals surface area contributed by atoms with Gasteiger partial charge in [0.2, 0.25) is 0 Å². The van der Waals surface area contributed by atoms with Crippen molar-refractivity contribution < 1.29 is 13.9 Å². The number of unbranched alkanes of at least 4 members (excludes halogenated alkanes) is 3. The normalized spacial score (nSPS) is 19.7. The van der Waals surface area contributed by atoms with Crippen molar-refractivity contribution in [1.82, 2.24) is 10.2 Å². The summed E-state index contributed by atoms with van der Waals surface area (Å²) in [5.74, 6) is 1.29. The van der Waals surface area contributed by atoms with Gasteiger partial charge < -0.3 is 10.1 Å². The van der Waals surface area contributed by atoms with Gasteiger partial charge in [-0.3, -0.25) is 9.69 Å². The van der Waals surface area contributed by atoms with Gasteiger partial charge in [0.05, 0.1) is 13.2 Å². The SMILES string of the molecule is C/C=C(/C=C(/OC)C1=C(C)NCCC1)CCCCCC.O=C(C1CCCC1)C(c1cccc(F)c1)N1CCCC1. The van der Waals surface area contributed by atoms with E-state index < -0.39 is 0 Å². The number of benzene rings is 1. The third-order valence-corrected chi connectivity index (χ3v) is 8.67. The van der Waals surface area contributed by atoms with Crippen LogP contribution in [0, 0.1) is 11.7 Å². The van der Waals surface area contributed by atoms with Crippen molar-refractivity contribution >= 4 is 5.78 Å². The minimum atomic E-state index is -0.245. The molecule has 1 saturated heterocycles. The van der Waals surface area contributed by atoms with E-state index in [2.05, 4.69) is 43.1 Å². The first-order chi connectivity index (χ1) is 19.5. The number of carbonyl (C=O) groups excluding carboxylic acids is 1. The molecule has 1 unspecified atom stereocenters. The van der Waals surface area contributed by atoms with Gasteiger partial charge in [0.25, 0.3) is 0 Å². The number of likely N-dealkylation sites (tertiary alicyclic amines) is 1. The lowest BCUT2D eigenvalue weighted by Gasteiger charge is -2.29. The molecule has 1 saturated carbocycles. The number of halogens is 1. The maximum Gasteiger partial charge on any atom is 0.157 e. The lowest BCUT2D eigenvalue weighted by molar-refractivity contribution is -0.128. The maximum atomic E-state index is 13.5. The Morgan fingerprint density at radius 2 is 1.88 bits per heavy atom. The van der Waals surface area contributed by atoms with E-state index in [1.165, 1.54) is 61.1 Å². The molecule has 1 atom stereocenters. The summed E-state index contributed by atoms with van der Waals surface area (Å²) in [6.07, 6.45) is 19.8. The monoisotopic (exact) mass is 552 g/mol. The van der Waals surface area contributed by atoms with Gasteiger partial charge in [-0.1, -0.05) is 57.2 Å². The molecule has 222 valence electrons. The minimum Gasteiger partial charge on any atom is -0.496 e. The van der Waals surface area contributed by atoms with Crippen molar-refractivity contribution in [2.24, 2.45) is 5.92 Å². The van der Waals surface area contributed by atoms with Crippen LogP contribution in [0.2, 0.25) is 0 Å². The Kier molecular flexibility index (Phi) is 14.0. The Labute approximate surface area is 243 Å². The second kappa shape index (κ2) is 17.4. The molecule has 0 amide bonds. The van der Waals surface area contributed by atoms with E-state index in [1.807, 2.05) is 6.07 Å². The van der Waals surface area contributed by atoms with Crippen LogP contribution >= 0.6 is 0 Å². The average Bonchev–Trinajstić information content (AvgIpc) is 3.69. The van der Waals surface area contributed by atoms with Crippen LogP contribution in [0.4, 0.5) is 4.39 Å². The van der Waals surface area contributed by atoms with Crippen molar-refractivity contribution in [1.29, 1.82) is 0 Å². The molecule has 4 nitrogen and oxygen atoms in total. The molecular formula is C35H53FN2O2. The van der Waals surface area contributed by atoms with Gasteiger partial charge >= 0.3 is 0 Å². The summed E-state index contributed by atoms with van der Waals surface area (Å²) in [5, 5.41) is 3.44. The molecule has 3 aliphatic rings. The number of rotatable bonds is 12. The van der Waals surface area contributed by atoms with Gasteiger partial charge in [-0.05, 0) is 108 Å². The van der Waals surface area contributed by atoms with Crippen LogP contribution in [0.5, 0.6) is 0 Å². The van der Waals surface area contributed by atoms with Crippen molar-refractivity contribution in [2.75, 3.05) is 26.7 Å². The predicted molar refractivity (Wildman–Crippen MR) is 164 cm³/mol. The number of hydrogen-bond donors (Lipinski definition) is 1. The predicted octanol–water partition coefficient (Wildman–Crippen LogP) is 8.81. The van der Waals surface area contributed by atoms with E-state index in [1.54, 1.807) is 13.2 Å². The summed E-state index contributed by atoms with van der Waals surface area (Å²) >= 11 is 0. The maximum absolute atomic E-state index is 13.5. The Hall–Kier alpha value is -2.40. The first-order valence-corrected chi connectivity index (χ1v) is 15.9. The highest BCUT2D eigenvalue weighted by atomic mass is 19.1. The van der Waals surface area contributed by atoms with E-state index in [0.717, 1.165) is 82.3 Å². The number of ether oxygens (including phenoxy) is 1. The van der Waals surface area contributed by atoms with Crippen molar-refractivity contribution in [3.8, 4) is 0 Å². The molecule has 2 fully saturated rings. The highest BCUT2D eigenvalue weighted by Crippen LogP contribution is 2.35. The molecule has 0 bridgehead atoms. The Morgan fingerprint density at radius 1 is 1.12 bits per heavy atom. The molecule has 1 N–H and O–H groups in total. The van der Waals surface area contributed by atoms with Crippen LogP contribution < -0.4 is 5.32 Å². The molecule has 5 heteroatoms. The Balaban J connectivity index is 0.000000220. The number of nitrogens with one attached hydrogen (secondary N) is 1. The second-order valence-electron chi connectivity index (χ2n) is 11.6. The number of allylic oxidation sites excluding steroid dienone is 5. The van der Waals surface area contributed by atoms with Gasteiger partial charge in [0.15, 0.2) is 5.78 Å². The average molecular weight is 553 g/mol. The zero-order valence-electron chi connectivity index (χ0n) is 25.6. The first-order valence-electron chi connectivity index (χ1n) is 15.9. The molecule has 1 aliphatic carbocycles. The fourth-order valence-electron chi connectivity index (χ4n) is 6.30. The summed E-state index contributed by atoms with van der Waals surface area (Å²) in [6, 6.07) is 6.38. The molecule has 2 aliphatic heterocycles. The number of Topliss-reactive ketones (excluding diaryl/α,β-unsaturated/α-hetero) is 1. The van der Waals surface area contributed by atoms with E-state index in [-0.39, 0.29) is 17.8 Å². The van der Waals surface area contributed by atoms with Crippen LogP contribution in [0.15, 0.2) is 59.0 Å². The smallest absolute Gasteiger partial charge is 0.157 e. The summed E-state index contributed by atoms with van der Waals surface area (Å²) in [6.45, 7) is 9.53. The molecule has 40 heavy (non-hydrogen) atoms. The molecule has 0 radical (unpaired) electrons. The van der Waals surface area contributed by atoms with Crippen molar-refractivity contribution in [3.63, 3.8) is 0 Å². The second-order valence-corrected chi connectivity index (χ2v) is 11.6. The number of ketones is 1. The third kappa shape index (κ3) is 9.61. The fraction of sp³-hybridized carbons (Fsp3) is 0.629. The van der Waals surface area contributed by atoms with Crippen LogP contribution in [0.3, 0.4) is 0 Å². The topological polar surface area (TPSA) is 41.6 Å². The van der Waals surface area contributed by atoms with Crippen LogP contribution in [-0.2, 0) is 9.53 Å². The summed E-state index contributed by atoms with van der Waals surface area (Å²) in [7, 11) is 1.78. The van der Waals surface area contributed by atoms with E-state index in [0.29, 0.717) is 5.78 Å². The summed E-state index contributed by atoms with van der Waals surface area (Å²) in [5.41, 5.74) is 4.84. The zero-order valence-corrected chi connectivity index (χ0v) is 25.6. The summed E-state index contributed by atoms with van der Waals surface area (Å²) in [4.78, 5) is 15.1. The molecular weight excluding hydrogens is 499 g/mol. The first kappa shape index (κ1) is 32.1. The van der Waals surface area contributed by atoms with Crippen LogP contribution in [0.25, 0.3) is 0 Å². The number of hydrogen-bond acceptors (Lipinski definition) is 4. The largest absolute Gasteiger partial charge is 0.496 e. The van der Waals surface area contributed by atoms with Crippen molar-refractivity contribution in [2.45, 2.75) is 110 Å². The van der Waals surface area contributed by atoms with Gasteiger partial charge in [0.1, 0.15) is 11.6 Å². The van der Waals surface area contributed by atoms with Gasteiger partial charge in [-0.25, -0.2) is 4.39 Å². The lowest BCUT2D eigenvalue weighted by atomic mass is 9.91. The standard InChI is InChI=1S/C18H31NO.C17H22FNO/c1-5-7-8-9-11-16(6-2)14-18(20-4)17-12-10-13-19-15(17)3;18-15-9-5-8-14(12-15)16(19-10-3-4-11-19)17(20)13-6-1-2-7-13/h6,14,19H,5,7-13H2,1-4H3;5,8-9,12-13,16H,1-4,6-7,10-11H2/b16-6+,18-14+;. The Bertz CT molecular complexity index is 1020. The van der Waals surface area contributed by atoms with Crippen LogP contribution in [0.1, 0.15) is 116 Å². The van der Waals surface area contributed by atoms with Gasteiger partial charge in [-0.2, -0.15) is 0 Å². The zero-order chi connectivity index (χ0) is 28.7. The quantitative estimate of drug-likeness (QED) is 0.160. The molecule has 4 rings (SSSR count). The van der Waals surface area contributed by atoms with E-state index in [9.17, 15) is 9.18 Å². The van der Waals surface area contributed by atoms with E-state index in [4.69, 9.17) is 4.74 Å². The highest BCUT2D eigenvalue weighted by Gasteiger charge is 2.35. The third-order valence-electron chi connectivity index (χ3n) is 8.67. The minimum absolute atomic E-state index is 0.184. The molecule has 2 heterocycles. The van der Waals surface area contributed by atoms with Crippen molar-refractivity contribution in [3.05, 3.63) is 70.4 Å². The number of carbonyl (C=O) groups is 1. The Morgan fingerprint density at radius 3 is 2.50 bits per heavy atom.